The Labute approximate surface area is 176 Å². The molecule has 0 saturated heterocycles. The quantitative estimate of drug-likeness (QED) is 0.615. The van der Waals surface area contributed by atoms with Gasteiger partial charge in [0.05, 0.1) is 24.4 Å². The van der Waals surface area contributed by atoms with Crippen LogP contribution in [0.2, 0.25) is 10.0 Å². The molecule has 0 amide bonds. The third-order valence-corrected chi connectivity index (χ3v) is 4.66. The first-order chi connectivity index (χ1) is 13.9. The number of aromatic carboxylic acids is 1. The molecule has 0 aliphatic rings. The van der Waals surface area contributed by atoms with Crippen LogP contribution in [0.25, 0.3) is 17.3 Å². The van der Waals surface area contributed by atoms with E-state index in [4.69, 9.17) is 27.9 Å². The molecule has 148 valence electrons. The summed E-state index contributed by atoms with van der Waals surface area (Å²) in [6.45, 7) is 0.0967. The molecule has 3 aromatic rings. The lowest BCUT2D eigenvalue weighted by Crippen LogP contribution is -2.28. The molecule has 0 bridgehead atoms. The Morgan fingerprint density at radius 3 is 2.52 bits per heavy atom. The molecule has 0 saturated carbocycles. The van der Waals surface area contributed by atoms with Gasteiger partial charge in [0.15, 0.2) is 0 Å². The first kappa shape index (κ1) is 20.6. The van der Waals surface area contributed by atoms with Crippen LogP contribution in [0.3, 0.4) is 0 Å². The maximum absolute atomic E-state index is 12.5. The number of carbonyl (C=O) groups is 1. The number of ether oxygens (including phenoxy) is 1. The Bertz CT molecular complexity index is 1140. The summed E-state index contributed by atoms with van der Waals surface area (Å²) in [5.41, 5.74) is 0.697. The fraction of sp³-hybridized carbons (Fsp3) is 0.0952. The Balaban J connectivity index is 1.98. The molecule has 6 nitrogen and oxygen atoms in total. The van der Waals surface area contributed by atoms with E-state index in [1.165, 1.54) is 13.2 Å². The Morgan fingerprint density at radius 1 is 1.17 bits per heavy atom. The number of rotatable bonds is 6. The molecule has 0 unspecified atom stereocenters. The first-order valence-electron chi connectivity index (χ1n) is 8.50. The molecule has 29 heavy (non-hydrogen) atoms. The van der Waals surface area contributed by atoms with E-state index in [0.717, 1.165) is 10.2 Å². The zero-order chi connectivity index (χ0) is 21.0. The maximum atomic E-state index is 12.5. The van der Waals surface area contributed by atoms with E-state index in [9.17, 15) is 14.7 Å². The Morgan fingerprint density at radius 2 is 1.90 bits per heavy atom. The van der Waals surface area contributed by atoms with Crippen molar-refractivity contribution in [2.45, 2.75) is 6.54 Å². The second kappa shape index (κ2) is 8.94. The standard InChI is InChI=1S/C21H16Cl2N2O4/c1-29-19-9-6-14(11-17(19)23)18-12-16(21(27)28)20(26)25(24-18)10-2-3-13-4-7-15(22)8-5-13/h2-9,11-12H,10H2,1H3,(H,27,28). The molecule has 1 aromatic heterocycles. The number of hydrogen-bond acceptors (Lipinski definition) is 4. The van der Waals surface area contributed by atoms with Crippen LogP contribution in [0.15, 0.2) is 59.4 Å². The Kier molecular flexibility index (Phi) is 6.36. The monoisotopic (exact) mass is 430 g/mol. The van der Waals surface area contributed by atoms with Crippen LogP contribution in [0.1, 0.15) is 15.9 Å². The summed E-state index contributed by atoms with van der Waals surface area (Å²) < 4.78 is 6.22. The topological polar surface area (TPSA) is 81.4 Å². The van der Waals surface area contributed by atoms with E-state index >= 15 is 0 Å². The highest BCUT2D eigenvalue weighted by atomic mass is 35.5. The molecule has 0 aliphatic heterocycles. The molecular weight excluding hydrogens is 415 g/mol. The lowest BCUT2D eigenvalue weighted by molar-refractivity contribution is 0.0694. The fourth-order valence-corrected chi connectivity index (χ4v) is 3.03. The minimum atomic E-state index is -1.33. The van der Waals surface area contributed by atoms with Gasteiger partial charge >= 0.3 is 5.97 Å². The zero-order valence-electron chi connectivity index (χ0n) is 15.3. The van der Waals surface area contributed by atoms with Gasteiger partial charge in [0, 0.05) is 10.6 Å². The predicted molar refractivity (Wildman–Crippen MR) is 113 cm³/mol. The molecule has 0 radical (unpaired) electrons. The van der Waals surface area contributed by atoms with Gasteiger partial charge in [-0.25, -0.2) is 9.48 Å². The molecule has 1 N–H and O–H groups in total. The first-order valence-corrected chi connectivity index (χ1v) is 9.26. The highest BCUT2D eigenvalue weighted by Gasteiger charge is 2.16. The van der Waals surface area contributed by atoms with Gasteiger partial charge in [0.25, 0.3) is 5.56 Å². The molecule has 0 spiro atoms. The smallest absolute Gasteiger partial charge is 0.341 e. The van der Waals surface area contributed by atoms with Crippen molar-refractivity contribution in [2.24, 2.45) is 0 Å². The number of benzene rings is 2. The Hall–Kier alpha value is -3.09. The number of halogens is 2. The van der Waals surface area contributed by atoms with E-state index in [1.54, 1.807) is 42.5 Å². The van der Waals surface area contributed by atoms with Crippen LogP contribution >= 0.6 is 23.2 Å². The van der Waals surface area contributed by atoms with Gasteiger partial charge in [0.1, 0.15) is 11.3 Å². The van der Waals surface area contributed by atoms with Crippen molar-refractivity contribution in [3.8, 4) is 17.0 Å². The number of allylic oxidation sites excluding steroid dienone is 1. The van der Waals surface area contributed by atoms with Gasteiger partial charge in [-0.2, -0.15) is 5.10 Å². The van der Waals surface area contributed by atoms with Gasteiger partial charge in [-0.05, 0) is 42.0 Å². The average Bonchev–Trinajstić information content (AvgIpc) is 2.70. The minimum Gasteiger partial charge on any atom is -0.495 e. The van der Waals surface area contributed by atoms with Gasteiger partial charge < -0.3 is 9.84 Å². The third kappa shape index (κ3) is 4.85. The predicted octanol–water partition coefficient (Wildman–Crippen LogP) is 4.64. The van der Waals surface area contributed by atoms with Crippen molar-refractivity contribution in [3.63, 3.8) is 0 Å². The molecular formula is C21H16Cl2N2O4. The molecule has 2 aromatic carbocycles. The van der Waals surface area contributed by atoms with Crippen molar-refractivity contribution < 1.29 is 14.6 Å². The maximum Gasteiger partial charge on any atom is 0.341 e. The number of hydrogen-bond donors (Lipinski definition) is 1. The second-order valence-corrected chi connectivity index (χ2v) is 6.88. The van der Waals surface area contributed by atoms with Gasteiger partial charge in [-0.15, -0.1) is 0 Å². The summed E-state index contributed by atoms with van der Waals surface area (Å²) in [5.74, 6) is -0.846. The molecule has 0 atom stereocenters. The van der Waals surface area contributed by atoms with Crippen LogP contribution in [0.5, 0.6) is 5.75 Å². The van der Waals surface area contributed by atoms with Gasteiger partial charge in [0.2, 0.25) is 0 Å². The number of aromatic nitrogens is 2. The van der Waals surface area contributed by atoms with Crippen LogP contribution in [0.4, 0.5) is 0 Å². The van der Waals surface area contributed by atoms with Crippen molar-refractivity contribution in [1.82, 2.24) is 9.78 Å². The third-order valence-electron chi connectivity index (χ3n) is 4.11. The number of methoxy groups -OCH3 is 1. The molecule has 3 rings (SSSR count). The van der Waals surface area contributed by atoms with E-state index < -0.39 is 11.5 Å². The van der Waals surface area contributed by atoms with E-state index in [1.807, 2.05) is 12.1 Å². The molecule has 1 heterocycles. The van der Waals surface area contributed by atoms with E-state index in [2.05, 4.69) is 5.10 Å². The van der Waals surface area contributed by atoms with Crippen molar-refractivity contribution in [2.75, 3.05) is 7.11 Å². The average molecular weight is 431 g/mol. The SMILES string of the molecule is COc1ccc(-c2cc(C(=O)O)c(=O)n(CC=Cc3ccc(Cl)cc3)n2)cc1Cl. The number of carboxylic acids is 1. The highest BCUT2D eigenvalue weighted by molar-refractivity contribution is 6.32. The normalized spacial score (nSPS) is 11.0. The summed E-state index contributed by atoms with van der Waals surface area (Å²) in [6.07, 6.45) is 3.51. The van der Waals surface area contributed by atoms with E-state index in [0.29, 0.717) is 27.1 Å². The number of nitrogens with zero attached hydrogens (tertiary/aromatic N) is 2. The second-order valence-electron chi connectivity index (χ2n) is 6.04. The summed E-state index contributed by atoms with van der Waals surface area (Å²) in [4.78, 5) is 24.0. The molecule has 8 heteroatoms. The summed E-state index contributed by atoms with van der Waals surface area (Å²) in [6, 6.07) is 13.3. The lowest BCUT2D eigenvalue weighted by atomic mass is 10.1. The van der Waals surface area contributed by atoms with Crippen molar-refractivity contribution in [3.05, 3.63) is 86.1 Å². The van der Waals surface area contributed by atoms with Crippen molar-refractivity contribution >= 4 is 35.2 Å². The van der Waals surface area contributed by atoms with Crippen LogP contribution < -0.4 is 10.3 Å². The minimum absolute atomic E-state index is 0.0967. The van der Waals surface area contributed by atoms with Gasteiger partial charge in [-0.3, -0.25) is 4.79 Å². The van der Waals surface area contributed by atoms with Crippen LogP contribution in [-0.2, 0) is 6.54 Å². The molecule has 0 fully saturated rings. The van der Waals surface area contributed by atoms with Gasteiger partial charge in [-0.1, -0.05) is 47.5 Å². The van der Waals surface area contributed by atoms with Crippen LogP contribution in [0, 0.1) is 0 Å². The molecule has 0 aliphatic carbocycles. The number of carboxylic acid groups (broad SMARTS) is 1. The zero-order valence-corrected chi connectivity index (χ0v) is 16.8. The summed E-state index contributed by atoms with van der Waals surface area (Å²) in [7, 11) is 1.49. The lowest BCUT2D eigenvalue weighted by Gasteiger charge is -2.09. The summed E-state index contributed by atoms with van der Waals surface area (Å²) >= 11 is 12.0. The van der Waals surface area contributed by atoms with E-state index in [-0.39, 0.29) is 12.1 Å². The summed E-state index contributed by atoms with van der Waals surface area (Å²) in [5, 5.41) is 14.7. The van der Waals surface area contributed by atoms with Crippen molar-refractivity contribution in [1.29, 1.82) is 0 Å². The fourth-order valence-electron chi connectivity index (χ4n) is 2.65. The van der Waals surface area contributed by atoms with Crippen LogP contribution in [-0.4, -0.2) is 28.0 Å². The largest absolute Gasteiger partial charge is 0.495 e. The highest BCUT2D eigenvalue weighted by Crippen LogP contribution is 2.29.